The highest BCUT2D eigenvalue weighted by Gasteiger charge is 2.36. The second-order valence-electron chi connectivity index (χ2n) is 7.96. The number of nitrogens with two attached hydrogens (primary N) is 12. The largest absolute Gasteiger partial charge is 0.398 e. The quantitative estimate of drug-likeness (QED) is 0.118. The molecule has 0 amide bonds. The summed E-state index contributed by atoms with van der Waals surface area (Å²) in [6.07, 6.45) is 0. The van der Waals surface area contributed by atoms with Crippen LogP contribution in [0, 0.1) is 0 Å². The van der Waals surface area contributed by atoms with Crippen molar-refractivity contribution < 1.29 is 0 Å². The molecule has 0 saturated heterocycles. The summed E-state index contributed by atoms with van der Waals surface area (Å²) in [4.78, 5) is 0. The Morgan fingerprint density at radius 1 is 0.188 bits per heavy atom. The minimum Gasteiger partial charge on any atom is -0.398 e. The number of fused-ring (bicyclic) bond motifs is 4. The van der Waals surface area contributed by atoms with E-state index in [1.165, 1.54) is 0 Å². The van der Waals surface area contributed by atoms with Crippen molar-refractivity contribution in [3.8, 4) is 22.3 Å². The predicted molar refractivity (Wildman–Crippen MR) is 139 cm³/mol. The lowest BCUT2D eigenvalue weighted by Gasteiger charge is -2.20. The summed E-state index contributed by atoms with van der Waals surface area (Å²) in [5.41, 5.74) is 79.7. The Morgan fingerprint density at radius 2 is 0.438 bits per heavy atom. The molecule has 0 atom stereocenters. The van der Waals surface area contributed by atoms with Gasteiger partial charge in [-0.05, 0) is 0 Å². The van der Waals surface area contributed by atoms with E-state index in [1.54, 1.807) is 0 Å². The van der Waals surface area contributed by atoms with Crippen molar-refractivity contribution in [1.29, 1.82) is 0 Å². The Hall–Kier alpha value is -5.00. The van der Waals surface area contributed by atoms with Crippen LogP contribution in [0.5, 0.6) is 0 Å². The molecule has 0 aliphatic heterocycles. The topological polar surface area (TPSA) is 312 Å². The van der Waals surface area contributed by atoms with E-state index in [9.17, 15) is 0 Å². The van der Waals surface area contributed by atoms with E-state index in [1.807, 2.05) is 0 Å². The van der Waals surface area contributed by atoms with Crippen molar-refractivity contribution in [2.24, 2.45) is 0 Å². The molecular weight excluding hydrogens is 408 g/mol. The molecule has 4 aromatic carbocycles. The molecule has 5 rings (SSSR count). The maximum atomic E-state index is 6.65. The van der Waals surface area contributed by atoms with E-state index in [2.05, 4.69) is 0 Å². The van der Waals surface area contributed by atoms with Crippen molar-refractivity contribution >= 4 is 89.8 Å². The zero-order chi connectivity index (χ0) is 23.5. The summed E-state index contributed by atoms with van der Waals surface area (Å²) in [7, 11) is 0. The van der Waals surface area contributed by atoms with Crippen LogP contribution in [0.25, 0.3) is 43.8 Å². The first-order valence-corrected chi connectivity index (χ1v) is 9.46. The molecule has 0 saturated carbocycles. The van der Waals surface area contributed by atoms with E-state index < -0.39 is 0 Å². The van der Waals surface area contributed by atoms with Gasteiger partial charge in [-0.3, -0.25) is 0 Å². The lowest BCUT2D eigenvalue weighted by atomic mass is 9.90. The number of rotatable bonds is 0. The van der Waals surface area contributed by atoms with Crippen LogP contribution >= 0.6 is 0 Å². The number of hydrogen-bond acceptors (Lipinski definition) is 12. The van der Waals surface area contributed by atoms with E-state index in [0.717, 1.165) is 0 Å². The Morgan fingerprint density at radius 3 is 0.750 bits per heavy atom. The van der Waals surface area contributed by atoms with Gasteiger partial charge in [0, 0.05) is 43.8 Å². The second-order valence-corrected chi connectivity index (χ2v) is 7.96. The highest BCUT2D eigenvalue weighted by molar-refractivity contribution is 6.38. The normalized spacial score (nSPS) is 12.0. The molecule has 164 valence electrons. The van der Waals surface area contributed by atoms with Crippen molar-refractivity contribution in [2.45, 2.75) is 0 Å². The minimum atomic E-state index is 0.0968. The second kappa shape index (κ2) is 5.37. The van der Waals surface area contributed by atoms with Crippen molar-refractivity contribution in [1.82, 2.24) is 0 Å². The van der Waals surface area contributed by atoms with Crippen LogP contribution in [-0.2, 0) is 0 Å². The lowest BCUT2D eigenvalue weighted by molar-refractivity contribution is 1.65. The zero-order valence-corrected chi connectivity index (χ0v) is 16.9. The Bertz CT molecular complexity index is 1470. The third kappa shape index (κ3) is 1.74. The van der Waals surface area contributed by atoms with Gasteiger partial charge in [-0.15, -0.1) is 0 Å². The number of benzene rings is 4. The monoisotopic (exact) mass is 432 g/mol. The molecular formula is C20H24N12. The summed E-state index contributed by atoms with van der Waals surface area (Å²) in [5.74, 6) is 0. The summed E-state index contributed by atoms with van der Waals surface area (Å²) in [6.45, 7) is 0. The van der Waals surface area contributed by atoms with Crippen molar-refractivity contribution in [3.05, 3.63) is 0 Å². The maximum Gasteiger partial charge on any atom is 0.0810 e. The SMILES string of the molecule is Nc1c(N)c(N)c2c(N)c3c(c(N)c2c1N)-c1c(N)c(N)c(N)c2c(N)c(N)c(N)c-3c12. The van der Waals surface area contributed by atoms with Crippen molar-refractivity contribution in [3.63, 3.8) is 0 Å². The van der Waals surface area contributed by atoms with Gasteiger partial charge < -0.3 is 68.8 Å². The summed E-state index contributed by atoms with van der Waals surface area (Å²) in [6, 6.07) is 0. The molecule has 0 fully saturated rings. The Labute approximate surface area is 181 Å². The van der Waals surface area contributed by atoms with Gasteiger partial charge in [0.1, 0.15) is 0 Å². The zero-order valence-electron chi connectivity index (χ0n) is 16.9. The Balaban J connectivity index is 2.20. The molecule has 0 bridgehead atoms. The first kappa shape index (κ1) is 19.0. The molecule has 0 aromatic heterocycles. The molecule has 0 heterocycles. The first-order valence-electron chi connectivity index (χ1n) is 9.46. The summed E-state index contributed by atoms with van der Waals surface area (Å²) in [5, 5.41) is 1.65. The van der Waals surface area contributed by atoms with E-state index in [0.29, 0.717) is 43.8 Å². The molecule has 12 heteroatoms. The molecule has 0 radical (unpaired) electrons. The molecule has 12 nitrogen and oxygen atoms in total. The average Bonchev–Trinajstić information content (AvgIpc) is 3.11. The fourth-order valence-corrected chi connectivity index (χ4v) is 4.83. The van der Waals surface area contributed by atoms with Gasteiger partial charge in [0.15, 0.2) is 0 Å². The average molecular weight is 432 g/mol. The molecule has 32 heavy (non-hydrogen) atoms. The molecule has 4 aromatic rings. The van der Waals surface area contributed by atoms with Crippen LogP contribution in [0.2, 0.25) is 0 Å². The lowest BCUT2D eigenvalue weighted by Crippen LogP contribution is -2.09. The summed E-state index contributed by atoms with van der Waals surface area (Å²) >= 11 is 0. The van der Waals surface area contributed by atoms with Crippen LogP contribution in [0.15, 0.2) is 0 Å². The Kier molecular flexibility index (Phi) is 3.19. The molecule has 24 N–H and O–H groups in total. The van der Waals surface area contributed by atoms with Crippen LogP contribution in [0.1, 0.15) is 0 Å². The molecule has 0 spiro atoms. The van der Waals surface area contributed by atoms with Gasteiger partial charge in [0.2, 0.25) is 0 Å². The van der Waals surface area contributed by atoms with Crippen LogP contribution in [0.3, 0.4) is 0 Å². The fraction of sp³-hybridized carbons (Fsp3) is 0. The fourth-order valence-electron chi connectivity index (χ4n) is 4.83. The van der Waals surface area contributed by atoms with E-state index in [-0.39, 0.29) is 68.2 Å². The van der Waals surface area contributed by atoms with Crippen LogP contribution in [0.4, 0.5) is 68.2 Å². The maximum absolute atomic E-state index is 6.65. The van der Waals surface area contributed by atoms with Gasteiger partial charge in [-0.1, -0.05) is 0 Å². The van der Waals surface area contributed by atoms with E-state index in [4.69, 9.17) is 68.8 Å². The van der Waals surface area contributed by atoms with E-state index >= 15 is 0 Å². The van der Waals surface area contributed by atoms with Gasteiger partial charge in [0.05, 0.1) is 68.2 Å². The van der Waals surface area contributed by atoms with Gasteiger partial charge in [-0.25, -0.2) is 0 Å². The van der Waals surface area contributed by atoms with Crippen molar-refractivity contribution in [2.75, 3.05) is 68.8 Å². The van der Waals surface area contributed by atoms with Gasteiger partial charge in [-0.2, -0.15) is 0 Å². The predicted octanol–water partition coefficient (Wildman–Crippen LogP) is 0.627. The highest BCUT2D eigenvalue weighted by atomic mass is 14.8. The minimum absolute atomic E-state index is 0.0968. The van der Waals surface area contributed by atoms with Gasteiger partial charge in [0.25, 0.3) is 0 Å². The third-order valence-corrected chi connectivity index (χ3v) is 6.47. The first-order chi connectivity index (χ1) is 14.9. The standard InChI is InChI=1S/C20H24N12/c21-9-4-2-1-3(12(24)18(30)14(26)6(1)13(25)17(29)11(2)23)5(4)10(22)8-7(9)15(27)19(31)20(32)16(8)28/h21-32H2. The highest BCUT2D eigenvalue weighted by Crippen LogP contribution is 2.64. The number of anilines is 12. The van der Waals surface area contributed by atoms with Gasteiger partial charge >= 0.3 is 0 Å². The van der Waals surface area contributed by atoms with Crippen LogP contribution < -0.4 is 68.8 Å². The number of nitrogen functional groups attached to an aromatic ring is 12. The smallest absolute Gasteiger partial charge is 0.0810 e. The number of hydrogen-bond donors (Lipinski definition) is 12. The molecule has 1 aliphatic carbocycles. The summed E-state index contributed by atoms with van der Waals surface area (Å²) < 4.78 is 0. The molecule has 1 aliphatic rings. The third-order valence-electron chi connectivity index (χ3n) is 6.47. The van der Waals surface area contributed by atoms with Crippen LogP contribution in [-0.4, -0.2) is 0 Å². The molecule has 0 unspecified atom stereocenters.